The number of piperidine rings is 1. The Labute approximate surface area is 119 Å². The van der Waals surface area contributed by atoms with Crippen LogP contribution in [-0.4, -0.2) is 47.8 Å². The molecule has 2 unspecified atom stereocenters. The first-order valence-corrected chi connectivity index (χ1v) is 7.46. The van der Waals surface area contributed by atoms with Gasteiger partial charge in [-0.3, -0.25) is 25.0 Å². The Morgan fingerprint density at radius 3 is 2.50 bits per heavy atom. The predicted molar refractivity (Wildman–Crippen MR) is 73.8 cm³/mol. The maximum absolute atomic E-state index is 12.4. The number of imide groups is 1. The average molecular weight is 281 g/mol. The summed E-state index contributed by atoms with van der Waals surface area (Å²) in [5.74, 6) is -0.507. The Kier molecular flexibility index (Phi) is 5.11. The third-order valence-corrected chi connectivity index (χ3v) is 3.98. The molecule has 0 aromatic carbocycles. The molecule has 2 saturated heterocycles. The lowest BCUT2D eigenvalue weighted by Crippen LogP contribution is -2.56. The monoisotopic (exact) mass is 281 g/mol. The van der Waals surface area contributed by atoms with Crippen LogP contribution in [0.4, 0.5) is 0 Å². The second-order valence-corrected chi connectivity index (χ2v) is 5.63. The van der Waals surface area contributed by atoms with Crippen molar-refractivity contribution in [2.75, 3.05) is 13.1 Å². The first kappa shape index (κ1) is 15.0. The highest BCUT2D eigenvalue weighted by Gasteiger charge is 2.30. The average Bonchev–Trinajstić information content (AvgIpc) is 2.70. The summed E-state index contributed by atoms with van der Waals surface area (Å²) >= 11 is 0. The highest BCUT2D eigenvalue weighted by atomic mass is 16.2. The second-order valence-electron chi connectivity index (χ2n) is 5.63. The lowest BCUT2D eigenvalue weighted by atomic mass is 10.0. The van der Waals surface area contributed by atoms with Gasteiger partial charge in [-0.05, 0) is 26.2 Å². The van der Waals surface area contributed by atoms with Crippen molar-refractivity contribution in [2.45, 2.75) is 57.5 Å². The Bertz CT molecular complexity index is 389. The molecule has 2 rings (SSSR count). The van der Waals surface area contributed by atoms with Crippen molar-refractivity contribution in [3.63, 3.8) is 0 Å². The van der Waals surface area contributed by atoms with Gasteiger partial charge in [0.25, 0.3) is 0 Å². The molecule has 2 atom stereocenters. The number of nitrogens with zero attached hydrogens (tertiary/aromatic N) is 1. The molecule has 2 N–H and O–H groups in total. The van der Waals surface area contributed by atoms with E-state index in [0.29, 0.717) is 12.8 Å². The van der Waals surface area contributed by atoms with Crippen molar-refractivity contribution in [3.8, 4) is 0 Å². The van der Waals surface area contributed by atoms with Gasteiger partial charge in [-0.2, -0.15) is 0 Å². The van der Waals surface area contributed by atoms with Gasteiger partial charge in [0, 0.05) is 19.5 Å². The van der Waals surface area contributed by atoms with Crippen LogP contribution in [0.3, 0.4) is 0 Å². The van der Waals surface area contributed by atoms with Gasteiger partial charge < -0.3 is 4.90 Å². The number of rotatable bonds is 3. The van der Waals surface area contributed by atoms with E-state index in [0.717, 1.165) is 25.9 Å². The molecule has 0 aromatic rings. The summed E-state index contributed by atoms with van der Waals surface area (Å²) in [7, 11) is 0. The Morgan fingerprint density at radius 2 is 1.90 bits per heavy atom. The maximum atomic E-state index is 12.4. The second kappa shape index (κ2) is 6.83. The molecule has 2 aliphatic heterocycles. The molecule has 0 aliphatic carbocycles. The van der Waals surface area contributed by atoms with Crippen LogP contribution in [0.5, 0.6) is 0 Å². The molecule has 2 fully saturated rings. The smallest absolute Gasteiger partial charge is 0.243 e. The zero-order valence-electron chi connectivity index (χ0n) is 12.0. The summed E-state index contributed by atoms with van der Waals surface area (Å²) in [4.78, 5) is 37.0. The van der Waals surface area contributed by atoms with E-state index in [1.165, 1.54) is 12.8 Å². The van der Waals surface area contributed by atoms with Crippen LogP contribution in [0, 0.1) is 0 Å². The molecule has 0 spiro atoms. The Morgan fingerprint density at radius 1 is 1.25 bits per heavy atom. The zero-order chi connectivity index (χ0) is 14.5. The summed E-state index contributed by atoms with van der Waals surface area (Å²) in [5.41, 5.74) is 0. The number of carbonyl (C=O) groups is 3. The van der Waals surface area contributed by atoms with Crippen molar-refractivity contribution in [1.29, 1.82) is 0 Å². The summed E-state index contributed by atoms with van der Waals surface area (Å²) in [6.07, 6.45) is 5.25. The van der Waals surface area contributed by atoms with E-state index >= 15 is 0 Å². The van der Waals surface area contributed by atoms with Crippen molar-refractivity contribution in [3.05, 3.63) is 0 Å². The van der Waals surface area contributed by atoms with Crippen molar-refractivity contribution >= 4 is 17.7 Å². The fourth-order valence-corrected chi connectivity index (χ4v) is 2.79. The van der Waals surface area contributed by atoms with Crippen molar-refractivity contribution in [1.82, 2.24) is 15.5 Å². The lowest BCUT2D eigenvalue weighted by molar-refractivity contribution is -0.136. The first-order chi connectivity index (χ1) is 9.58. The molecule has 0 radical (unpaired) electrons. The molecule has 0 aromatic heterocycles. The molecule has 6 heteroatoms. The van der Waals surface area contributed by atoms with E-state index in [9.17, 15) is 14.4 Å². The van der Waals surface area contributed by atoms with Gasteiger partial charge in [-0.15, -0.1) is 0 Å². The minimum absolute atomic E-state index is 0.0524. The molecule has 20 heavy (non-hydrogen) atoms. The number of hydrogen-bond donors (Lipinski definition) is 2. The molecule has 2 heterocycles. The standard InChI is InChI=1S/C14H23N3O3/c1-10(14(20)17-8-4-2-3-5-9-17)15-11-6-7-12(18)16-13(11)19/h10-11,15H,2-9H2,1H3,(H,16,18,19). The van der Waals surface area contributed by atoms with Crippen LogP contribution in [-0.2, 0) is 14.4 Å². The minimum atomic E-state index is -0.446. The summed E-state index contributed by atoms with van der Waals surface area (Å²) in [5, 5.41) is 5.35. The van der Waals surface area contributed by atoms with Gasteiger partial charge in [-0.1, -0.05) is 12.8 Å². The molecule has 112 valence electrons. The van der Waals surface area contributed by atoms with E-state index in [4.69, 9.17) is 0 Å². The minimum Gasteiger partial charge on any atom is -0.341 e. The summed E-state index contributed by atoms with van der Waals surface area (Å²) in [6, 6.07) is -0.837. The molecule has 0 saturated carbocycles. The number of carbonyl (C=O) groups excluding carboxylic acids is 3. The highest BCUT2D eigenvalue weighted by molar-refractivity contribution is 6.00. The number of hydrogen-bond acceptors (Lipinski definition) is 4. The van der Waals surface area contributed by atoms with Gasteiger partial charge in [0.05, 0.1) is 12.1 Å². The van der Waals surface area contributed by atoms with Gasteiger partial charge >= 0.3 is 0 Å². The molecular formula is C14H23N3O3. The number of likely N-dealkylation sites (tertiary alicyclic amines) is 1. The normalized spacial score (nSPS) is 25.9. The topological polar surface area (TPSA) is 78.5 Å². The van der Waals surface area contributed by atoms with Crippen LogP contribution in [0.2, 0.25) is 0 Å². The third-order valence-electron chi connectivity index (χ3n) is 3.98. The maximum Gasteiger partial charge on any atom is 0.243 e. The summed E-state index contributed by atoms with van der Waals surface area (Å²) in [6.45, 7) is 3.40. The van der Waals surface area contributed by atoms with E-state index < -0.39 is 12.1 Å². The van der Waals surface area contributed by atoms with Crippen molar-refractivity contribution in [2.24, 2.45) is 0 Å². The fourth-order valence-electron chi connectivity index (χ4n) is 2.79. The van der Waals surface area contributed by atoms with Crippen LogP contribution in [0.15, 0.2) is 0 Å². The van der Waals surface area contributed by atoms with Gasteiger partial charge in [0.15, 0.2) is 0 Å². The van der Waals surface area contributed by atoms with Gasteiger partial charge in [0.2, 0.25) is 17.7 Å². The van der Waals surface area contributed by atoms with Crippen LogP contribution < -0.4 is 10.6 Å². The molecule has 2 aliphatic rings. The lowest BCUT2D eigenvalue weighted by Gasteiger charge is -2.28. The van der Waals surface area contributed by atoms with Crippen LogP contribution >= 0.6 is 0 Å². The van der Waals surface area contributed by atoms with Crippen LogP contribution in [0.1, 0.15) is 45.4 Å². The van der Waals surface area contributed by atoms with E-state index in [2.05, 4.69) is 10.6 Å². The van der Waals surface area contributed by atoms with E-state index in [1.54, 1.807) is 6.92 Å². The van der Waals surface area contributed by atoms with E-state index in [1.807, 2.05) is 4.90 Å². The van der Waals surface area contributed by atoms with Gasteiger partial charge in [0.1, 0.15) is 0 Å². The third kappa shape index (κ3) is 3.79. The van der Waals surface area contributed by atoms with Crippen LogP contribution in [0.25, 0.3) is 0 Å². The predicted octanol–water partition coefficient (Wildman–Crippen LogP) is 0.172. The Balaban J connectivity index is 1.86. The SMILES string of the molecule is CC(NC1CCC(=O)NC1=O)C(=O)N1CCCCCC1. The number of nitrogens with one attached hydrogen (secondary N) is 2. The molecule has 0 bridgehead atoms. The first-order valence-electron chi connectivity index (χ1n) is 7.46. The number of amides is 3. The van der Waals surface area contributed by atoms with Crippen molar-refractivity contribution < 1.29 is 14.4 Å². The molecule has 3 amide bonds. The van der Waals surface area contributed by atoms with E-state index in [-0.39, 0.29) is 17.7 Å². The zero-order valence-corrected chi connectivity index (χ0v) is 12.0. The Hall–Kier alpha value is -1.43. The summed E-state index contributed by atoms with van der Waals surface area (Å²) < 4.78 is 0. The molecule has 6 nitrogen and oxygen atoms in total. The fraction of sp³-hybridized carbons (Fsp3) is 0.786. The van der Waals surface area contributed by atoms with Gasteiger partial charge in [-0.25, -0.2) is 0 Å². The highest BCUT2D eigenvalue weighted by Crippen LogP contribution is 2.12. The quantitative estimate of drug-likeness (QED) is 0.723. The molecular weight excluding hydrogens is 258 g/mol. The largest absolute Gasteiger partial charge is 0.341 e.